The highest BCUT2D eigenvalue weighted by Crippen LogP contribution is 2.18. The summed E-state index contributed by atoms with van der Waals surface area (Å²) >= 11 is 0. The summed E-state index contributed by atoms with van der Waals surface area (Å²) in [5, 5.41) is 44.0. The fraction of sp³-hybridized carbons (Fsp3) is 0.622. The Morgan fingerprint density at radius 3 is 2.11 bits per heavy atom. The third-order valence-corrected chi connectivity index (χ3v) is 10.5. The molecule has 346 valence electrons. The van der Waals surface area contributed by atoms with Crippen molar-refractivity contribution in [2.24, 2.45) is 17.8 Å². The minimum Gasteiger partial charge on any atom is -0.508 e. The average Bonchev–Trinajstić information content (AvgIpc) is 3.21. The van der Waals surface area contributed by atoms with Gasteiger partial charge in [0.1, 0.15) is 36.5 Å². The molecule has 6 amide bonds. The van der Waals surface area contributed by atoms with Crippen molar-refractivity contribution >= 4 is 41.4 Å². The lowest BCUT2D eigenvalue weighted by atomic mass is 9.99. The first kappa shape index (κ1) is 52.8. The lowest BCUT2D eigenvalue weighted by molar-refractivity contribution is -0.156. The molecule has 7 unspecified atom stereocenters. The maximum Gasteiger partial charge on any atom is 0.329 e. The van der Waals surface area contributed by atoms with Gasteiger partial charge < -0.3 is 51.5 Å². The second kappa shape index (κ2) is 26.9. The second-order valence-electron chi connectivity index (χ2n) is 16.8. The number of cyclic esters (lactones) is 1. The van der Waals surface area contributed by atoms with Crippen LogP contribution >= 0.6 is 0 Å². The Kier molecular flexibility index (Phi) is 22.9. The number of hydrogen-bond acceptors (Lipinski definition) is 11. The maximum absolute atomic E-state index is 13.7. The van der Waals surface area contributed by atoms with E-state index in [1.165, 1.54) is 30.2 Å². The molecule has 0 spiro atoms. The average molecular weight is 871 g/mol. The summed E-state index contributed by atoms with van der Waals surface area (Å²) in [4.78, 5) is 94.3. The number of rotatable bonds is 22. The van der Waals surface area contributed by atoms with Crippen LogP contribution in [0.1, 0.15) is 99.0 Å². The minimum absolute atomic E-state index is 0.0166. The fourth-order valence-electron chi connectivity index (χ4n) is 6.61. The Labute approximate surface area is 365 Å². The molecule has 17 nitrogen and oxygen atoms in total. The first-order valence-corrected chi connectivity index (χ1v) is 21.6. The number of phenolic OH excluding ortho intramolecular Hbond substituents is 1. The number of unbranched alkanes of at least 4 members (excludes halogenated alkanes) is 4. The van der Waals surface area contributed by atoms with Crippen molar-refractivity contribution in [3.8, 4) is 5.75 Å². The molecular weight excluding hydrogens is 801 g/mol. The standard InChI is InChI=1S/C45H70N6O11/c1-9-10-11-12-13-14-15-16-36(55)48-40(28(4)5)43(59)47-33(25-52)35(54)24-38(57)50-39(27(2)3)42(58)46-31-19-22-37(56)49-41(29(6)7)44(60)51(8)34(45(61)62-26-31)23-30-17-20-32(53)21-18-30/h14-15,17-22,27-29,31,33-35,39-41,52-54H,9-13,16,23-26H2,1-8H3,(H,46,58)(H,47,59)(H,48,55)(H,49,56)(H,50,57). The maximum atomic E-state index is 13.7. The van der Waals surface area contributed by atoms with E-state index in [4.69, 9.17) is 4.74 Å². The van der Waals surface area contributed by atoms with Gasteiger partial charge in [-0.2, -0.15) is 0 Å². The molecule has 0 saturated heterocycles. The van der Waals surface area contributed by atoms with Gasteiger partial charge in [-0.05, 0) is 48.3 Å². The van der Waals surface area contributed by atoms with E-state index in [2.05, 4.69) is 33.5 Å². The summed E-state index contributed by atoms with van der Waals surface area (Å²) in [6, 6.07) is -0.567. The summed E-state index contributed by atoms with van der Waals surface area (Å²) in [6.07, 6.45) is 9.31. The minimum atomic E-state index is -1.58. The van der Waals surface area contributed by atoms with Crippen LogP contribution in [-0.4, -0.2) is 124 Å². The summed E-state index contributed by atoms with van der Waals surface area (Å²) in [7, 11) is 1.43. The quantitative estimate of drug-likeness (QED) is 0.0475. The summed E-state index contributed by atoms with van der Waals surface area (Å²) in [5.41, 5.74) is 0.621. The summed E-state index contributed by atoms with van der Waals surface area (Å²) in [6.45, 7) is 11.2. The number of allylic oxidation sites excluding steroid dienone is 1. The van der Waals surface area contributed by atoms with Crippen LogP contribution in [0.4, 0.5) is 0 Å². The zero-order valence-electron chi connectivity index (χ0n) is 37.5. The van der Waals surface area contributed by atoms with E-state index in [1.54, 1.807) is 59.8 Å². The molecule has 0 saturated carbocycles. The van der Waals surface area contributed by atoms with Crippen molar-refractivity contribution in [1.82, 2.24) is 31.5 Å². The van der Waals surface area contributed by atoms with E-state index < -0.39 is 103 Å². The Morgan fingerprint density at radius 1 is 0.887 bits per heavy atom. The molecule has 1 aliphatic heterocycles. The van der Waals surface area contributed by atoms with Gasteiger partial charge >= 0.3 is 5.97 Å². The molecule has 8 N–H and O–H groups in total. The van der Waals surface area contributed by atoms with Crippen LogP contribution in [0.15, 0.2) is 48.6 Å². The number of carbonyl (C=O) groups is 7. The third kappa shape index (κ3) is 18.0. The van der Waals surface area contributed by atoms with Crippen LogP contribution in [0.25, 0.3) is 0 Å². The molecule has 1 heterocycles. The Morgan fingerprint density at radius 2 is 1.52 bits per heavy atom. The van der Waals surface area contributed by atoms with Crippen LogP contribution < -0.4 is 26.6 Å². The van der Waals surface area contributed by atoms with Crippen LogP contribution in [0.3, 0.4) is 0 Å². The highest BCUT2D eigenvalue weighted by atomic mass is 16.5. The molecule has 1 aromatic rings. The van der Waals surface area contributed by atoms with E-state index in [1.807, 2.05) is 6.08 Å². The molecule has 0 radical (unpaired) electrons. The Balaban J connectivity index is 2.15. The Bertz CT molecular complexity index is 1700. The molecule has 1 aromatic carbocycles. The molecule has 62 heavy (non-hydrogen) atoms. The zero-order valence-corrected chi connectivity index (χ0v) is 37.5. The predicted molar refractivity (Wildman–Crippen MR) is 233 cm³/mol. The molecular formula is C45H70N6O11. The SMILES string of the molecule is CCCCCCC=CCC(=O)NC(C(=O)NC(CO)C(O)CC(=O)NC(C(=O)NC1C=CC(=O)NC(C(C)C)C(=O)N(C)C(Cc2ccc(O)cc2)C(=O)OC1)C(C)C)C(C)C. The lowest BCUT2D eigenvalue weighted by Gasteiger charge is -2.32. The number of nitrogens with zero attached hydrogens (tertiary/aromatic N) is 1. The Hall–Kier alpha value is -5.29. The van der Waals surface area contributed by atoms with Crippen LogP contribution in [0.2, 0.25) is 0 Å². The molecule has 0 aliphatic carbocycles. The molecule has 7 atom stereocenters. The number of ether oxygens (including phenoxy) is 1. The van der Waals surface area contributed by atoms with Crippen LogP contribution in [0.5, 0.6) is 5.75 Å². The first-order chi connectivity index (χ1) is 29.3. The van der Waals surface area contributed by atoms with Gasteiger partial charge in [-0.3, -0.25) is 28.8 Å². The van der Waals surface area contributed by atoms with Crippen LogP contribution in [-0.2, 0) is 44.7 Å². The van der Waals surface area contributed by atoms with Gasteiger partial charge in [-0.25, -0.2) is 4.79 Å². The van der Waals surface area contributed by atoms with Gasteiger partial charge in [0.25, 0.3) is 0 Å². The fourth-order valence-corrected chi connectivity index (χ4v) is 6.61. The van der Waals surface area contributed by atoms with Crippen molar-refractivity contribution < 1.29 is 53.6 Å². The molecule has 2 rings (SSSR count). The van der Waals surface area contributed by atoms with E-state index in [0.717, 1.165) is 38.2 Å². The number of benzene rings is 1. The van der Waals surface area contributed by atoms with Crippen molar-refractivity contribution in [2.45, 2.75) is 142 Å². The second-order valence-corrected chi connectivity index (χ2v) is 16.8. The van der Waals surface area contributed by atoms with Crippen molar-refractivity contribution in [3.05, 3.63) is 54.1 Å². The highest BCUT2D eigenvalue weighted by molar-refractivity contribution is 5.95. The van der Waals surface area contributed by atoms with E-state index in [-0.39, 0.29) is 36.3 Å². The lowest BCUT2D eigenvalue weighted by Crippen LogP contribution is -2.57. The number of aliphatic hydroxyl groups excluding tert-OH is 2. The molecule has 1 aliphatic rings. The molecule has 0 aromatic heterocycles. The highest BCUT2D eigenvalue weighted by Gasteiger charge is 2.36. The van der Waals surface area contributed by atoms with Crippen molar-refractivity contribution in [3.63, 3.8) is 0 Å². The number of likely N-dealkylation sites (N-methyl/N-ethyl adjacent to an activating group) is 1. The van der Waals surface area contributed by atoms with Gasteiger partial charge in [0.05, 0.1) is 31.2 Å². The van der Waals surface area contributed by atoms with Gasteiger partial charge in [-0.15, -0.1) is 0 Å². The van der Waals surface area contributed by atoms with Gasteiger partial charge in [0, 0.05) is 26.0 Å². The van der Waals surface area contributed by atoms with Gasteiger partial charge in [0.15, 0.2) is 0 Å². The monoisotopic (exact) mass is 871 g/mol. The summed E-state index contributed by atoms with van der Waals surface area (Å²) in [5.74, 6) is -5.64. The van der Waals surface area contributed by atoms with E-state index in [0.29, 0.717) is 5.56 Å². The number of phenols is 1. The third-order valence-electron chi connectivity index (χ3n) is 10.5. The largest absolute Gasteiger partial charge is 0.508 e. The number of hydrogen-bond donors (Lipinski definition) is 8. The van der Waals surface area contributed by atoms with Crippen molar-refractivity contribution in [1.29, 1.82) is 0 Å². The summed E-state index contributed by atoms with van der Waals surface area (Å²) < 4.78 is 5.64. The normalized spacial score (nSPS) is 19.5. The number of esters is 1. The molecule has 17 heteroatoms. The van der Waals surface area contributed by atoms with E-state index >= 15 is 0 Å². The molecule has 0 bridgehead atoms. The van der Waals surface area contributed by atoms with Crippen LogP contribution in [0, 0.1) is 17.8 Å². The van der Waals surface area contributed by atoms with Crippen molar-refractivity contribution in [2.75, 3.05) is 20.3 Å². The topological polar surface area (TPSA) is 253 Å². The number of amides is 6. The number of carbonyl (C=O) groups excluding carboxylic acids is 7. The smallest absolute Gasteiger partial charge is 0.329 e. The number of aliphatic hydroxyl groups is 2. The van der Waals surface area contributed by atoms with E-state index in [9.17, 15) is 48.9 Å². The van der Waals surface area contributed by atoms with Gasteiger partial charge in [0.2, 0.25) is 35.4 Å². The molecule has 0 fully saturated rings. The predicted octanol–water partition coefficient (Wildman–Crippen LogP) is 1.93. The number of nitrogens with one attached hydrogen (secondary N) is 5. The zero-order chi connectivity index (χ0) is 46.5. The van der Waals surface area contributed by atoms with Gasteiger partial charge in [-0.1, -0.05) is 98.1 Å². The number of aromatic hydroxyl groups is 1. The first-order valence-electron chi connectivity index (χ1n) is 21.6.